The Labute approximate surface area is 440 Å². The number of esters is 4. The van der Waals surface area contributed by atoms with E-state index >= 15 is 8.78 Å². The van der Waals surface area contributed by atoms with Gasteiger partial charge >= 0.3 is 36.0 Å². The summed E-state index contributed by atoms with van der Waals surface area (Å²) < 4.78 is 70.0. The minimum atomic E-state index is -1.95. The third-order valence-corrected chi connectivity index (χ3v) is 10.4. The van der Waals surface area contributed by atoms with Crippen molar-refractivity contribution in [2.24, 2.45) is 0 Å². The van der Waals surface area contributed by atoms with E-state index in [9.17, 15) is 28.8 Å². The number of nitrogens with one attached hydrogen (secondary N) is 1. The third-order valence-electron chi connectivity index (χ3n) is 10.4. The van der Waals surface area contributed by atoms with Crippen molar-refractivity contribution >= 4 is 36.0 Å². The van der Waals surface area contributed by atoms with Crippen LogP contribution >= 0.6 is 0 Å². The average molecular weight is 1050 g/mol. The zero-order valence-electron chi connectivity index (χ0n) is 39.5. The zero-order chi connectivity index (χ0) is 51.5. The summed E-state index contributed by atoms with van der Waals surface area (Å²) in [7, 11) is 0. The number of hydrogen-bond donors (Lipinski definition) is 1. The van der Waals surface area contributed by atoms with Crippen LogP contribution in [0.2, 0.25) is 0 Å². The summed E-state index contributed by atoms with van der Waals surface area (Å²) in [6.07, 6.45) is -8.52. The van der Waals surface area contributed by atoms with Gasteiger partial charge in [0, 0.05) is 19.6 Å². The second-order valence-electron chi connectivity index (χ2n) is 16.8. The van der Waals surface area contributed by atoms with Crippen LogP contribution in [0.1, 0.15) is 91.9 Å². The molecule has 0 saturated carbocycles. The topological polar surface area (TPSA) is 186 Å². The highest BCUT2D eigenvalue weighted by Crippen LogP contribution is 2.33. The number of halogens is 2. The maximum atomic E-state index is 15.8. The lowest BCUT2D eigenvalue weighted by Gasteiger charge is -2.31. The lowest BCUT2D eigenvalue weighted by atomic mass is 10.1. The molecular weight excluding hydrogens is 973 g/mol. The number of urea groups is 1. The Balaban J connectivity index is 0.000000712. The molecule has 2 fully saturated rings. The molecule has 0 aliphatic carbocycles. The molecule has 4 aromatic rings. The lowest BCUT2D eigenvalue weighted by Crippen LogP contribution is -2.50. The van der Waals surface area contributed by atoms with Crippen molar-refractivity contribution in [3.8, 4) is 0 Å². The van der Waals surface area contributed by atoms with Gasteiger partial charge in [0.25, 0.3) is 0 Å². The monoisotopic (exact) mass is 1050 g/mol. The Morgan fingerprint density at radius 3 is 1.21 bits per heavy atom. The van der Waals surface area contributed by atoms with E-state index in [1.54, 1.807) is 118 Å². The summed E-state index contributed by atoms with van der Waals surface area (Å²) in [5.74, 6) is -2.85. The van der Waals surface area contributed by atoms with Gasteiger partial charge in [-0.25, -0.2) is 37.5 Å². The highest BCUT2D eigenvalue weighted by Gasteiger charge is 2.53. The molecule has 2 aliphatic heterocycles. The molecule has 2 heterocycles. The van der Waals surface area contributed by atoms with E-state index in [4.69, 9.17) is 33.2 Å². The minimum absolute atomic E-state index is 0. The molecule has 0 spiro atoms. The van der Waals surface area contributed by atoms with Crippen LogP contribution in [0, 0.1) is 0 Å². The number of carbonyl (C=O) groups is 6. The largest absolute Gasteiger partial charge is 0.459 e. The van der Waals surface area contributed by atoms with Gasteiger partial charge in [-0.05, 0) is 69.3 Å². The summed E-state index contributed by atoms with van der Waals surface area (Å²) in [4.78, 5) is 77.7. The van der Waals surface area contributed by atoms with Gasteiger partial charge in [0.2, 0.25) is 0 Å². The van der Waals surface area contributed by atoms with Crippen LogP contribution < -0.4 is 5.32 Å². The number of hydrogen-bond acceptors (Lipinski definition) is 13. The number of nitrogens with zero attached hydrogens (tertiary/aromatic N) is 2. The van der Waals surface area contributed by atoms with Crippen LogP contribution in [0.3, 0.4) is 0 Å². The van der Waals surface area contributed by atoms with Crippen molar-refractivity contribution in [3.63, 3.8) is 0 Å². The van der Waals surface area contributed by atoms with Gasteiger partial charge in [0.1, 0.15) is 31.0 Å². The Bertz CT molecular complexity index is 2430. The maximum Gasteiger partial charge on any atom is 0.412 e. The fourth-order valence-corrected chi connectivity index (χ4v) is 7.05. The van der Waals surface area contributed by atoms with E-state index in [0.29, 0.717) is 11.1 Å². The van der Waals surface area contributed by atoms with Crippen molar-refractivity contribution in [1.29, 1.82) is 0 Å². The molecule has 8 atom stereocenters. The number of ether oxygens (including phenoxy) is 7. The first-order valence-corrected chi connectivity index (χ1v) is 22.5. The van der Waals surface area contributed by atoms with Crippen LogP contribution in [-0.2, 0) is 33.2 Å². The first kappa shape index (κ1) is 65.3. The van der Waals surface area contributed by atoms with Crippen molar-refractivity contribution in [1.82, 2.24) is 15.1 Å². The van der Waals surface area contributed by atoms with Gasteiger partial charge < -0.3 is 38.5 Å². The first-order valence-electron chi connectivity index (χ1n) is 22.5. The van der Waals surface area contributed by atoms with Crippen LogP contribution in [-0.4, -0.2) is 133 Å². The van der Waals surface area contributed by atoms with Crippen molar-refractivity contribution in [2.45, 2.75) is 105 Å². The van der Waals surface area contributed by atoms with Gasteiger partial charge in [0.15, 0.2) is 37.0 Å². The van der Waals surface area contributed by atoms with Gasteiger partial charge in [0.05, 0.1) is 22.3 Å². The van der Waals surface area contributed by atoms with Crippen molar-refractivity contribution in [3.05, 3.63) is 182 Å². The third kappa shape index (κ3) is 18.6. The standard InChI is InChI=1S/C27H30FNO7.C26H27FN2O6.4CH4/c1-5-16-29(26(32)36-27(2,3)4)23-21(28)22(35-25(31)19-14-10-7-11-15-19)20(34-23)17-33-24(30)18-12-8-6-9-13-18;1-3-15-28-26(32)29(16-4-2)23-21(27)22(35-25(31)19-13-9-6-10-14-19)20(34-23)17-33-24(30)18-11-7-5-8-12-18;;;;/h5-15,20-23H,1,16-17H2,2-4H3;3-14,20-23H,1-2,15-17H2,(H,28,32);4*1H4/t20-,21+,22-,23-;20-,21+,22-,23?;;;;/m11..../s1. The SMILES string of the molecule is C.C.C.C.C=CCN(C(=O)OC(C)(C)C)[C@@H]1O[C@H](COC(=O)c2ccccc2)[C@@H](OC(=O)c2ccccc2)[C@@H]1F.C=CCNC(=O)N(CC=C)C1O[C@H](COC(=O)c2ccccc2)[C@@H](OC(=O)c2ccccc2)[C@@H]1F. The second kappa shape index (κ2) is 31.8. The summed E-state index contributed by atoms with van der Waals surface area (Å²) in [5, 5.41) is 2.56. The van der Waals surface area contributed by atoms with Gasteiger partial charge in [-0.15, -0.1) is 19.7 Å². The zero-order valence-corrected chi connectivity index (χ0v) is 39.5. The van der Waals surface area contributed by atoms with E-state index in [1.165, 1.54) is 42.5 Å². The normalized spacial score (nSPS) is 20.0. The molecule has 3 amide bonds. The van der Waals surface area contributed by atoms with Crippen molar-refractivity contribution < 1.29 is 70.7 Å². The van der Waals surface area contributed by atoms with E-state index in [1.807, 2.05) is 0 Å². The molecule has 2 aliphatic rings. The molecule has 0 aromatic heterocycles. The van der Waals surface area contributed by atoms with Gasteiger partial charge in [-0.1, -0.05) is 121 Å². The Morgan fingerprint density at radius 1 is 0.547 bits per heavy atom. The highest BCUT2D eigenvalue weighted by atomic mass is 19.1. The van der Waals surface area contributed by atoms with Crippen LogP contribution in [0.25, 0.3) is 0 Å². The quantitative estimate of drug-likeness (QED) is 0.0564. The number of benzene rings is 4. The number of amides is 3. The molecule has 1 N–H and O–H groups in total. The fourth-order valence-electron chi connectivity index (χ4n) is 7.05. The second-order valence-corrected chi connectivity index (χ2v) is 16.8. The summed E-state index contributed by atoms with van der Waals surface area (Å²) in [6.45, 7) is 15.0. The molecule has 18 heteroatoms. The van der Waals surface area contributed by atoms with Gasteiger partial charge in [-0.3, -0.25) is 9.80 Å². The van der Waals surface area contributed by atoms with Gasteiger partial charge in [-0.2, -0.15) is 0 Å². The van der Waals surface area contributed by atoms with Crippen LogP contribution in [0.5, 0.6) is 0 Å². The van der Waals surface area contributed by atoms with E-state index in [2.05, 4.69) is 25.1 Å². The molecule has 0 bridgehead atoms. The van der Waals surface area contributed by atoms with Crippen LogP contribution in [0.15, 0.2) is 159 Å². The van der Waals surface area contributed by atoms with E-state index in [0.717, 1.165) is 9.80 Å². The lowest BCUT2D eigenvalue weighted by molar-refractivity contribution is -0.0886. The summed E-state index contributed by atoms with van der Waals surface area (Å²) in [6, 6.07) is 32.0. The molecule has 408 valence electrons. The molecule has 6 rings (SSSR count). The number of rotatable bonds is 18. The van der Waals surface area contributed by atoms with E-state index in [-0.39, 0.29) is 60.5 Å². The molecule has 4 aromatic carbocycles. The first-order chi connectivity index (χ1) is 34.1. The Hall–Kier alpha value is -7.70. The van der Waals surface area contributed by atoms with E-state index < -0.39 is 104 Å². The summed E-state index contributed by atoms with van der Waals surface area (Å²) in [5.41, 5.74) is 0.181. The summed E-state index contributed by atoms with van der Waals surface area (Å²) >= 11 is 0. The average Bonchev–Trinajstić information content (AvgIpc) is 3.85. The Morgan fingerprint density at radius 2 is 0.880 bits per heavy atom. The Kier molecular flexibility index (Phi) is 27.7. The maximum absolute atomic E-state index is 15.8. The smallest absolute Gasteiger partial charge is 0.412 e. The minimum Gasteiger partial charge on any atom is -0.459 e. The molecule has 75 heavy (non-hydrogen) atoms. The fraction of sp³-hybridized carbons (Fsp3) is 0.368. The molecule has 2 saturated heterocycles. The predicted molar refractivity (Wildman–Crippen MR) is 282 cm³/mol. The molecule has 16 nitrogen and oxygen atoms in total. The highest BCUT2D eigenvalue weighted by molar-refractivity contribution is 5.91. The number of alkyl halides is 2. The van der Waals surface area contributed by atoms with Crippen molar-refractivity contribution in [2.75, 3.05) is 32.8 Å². The molecule has 0 radical (unpaired) electrons. The molecule has 1 unspecified atom stereocenters. The number of carbonyl (C=O) groups excluding carboxylic acids is 6. The van der Waals surface area contributed by atoms with Crippen LogP contribution in [0.4, 0.5) is 18.4 Å². The molecular formula is C57H73F2N3O13. The predicted octanol–water partition coefficient (Wildman–Crippen LogP) is 10.6.